The van der Waals surface area contributed by atoms with Crippen LogP contribution in [0.3, 0.4) is 0 Å². The largest absolute Gasteiger partial charge is 0.480 e. The van der Waals surface area contributed by atoms with E-state index >= 15 is 0 Å². The van der Waals surface area contributed by atoms with Crippen LogP contribution in [-0.2, 0) is 4.79 Å². The van der Waals surface area contributed by atoms with E-state index in [1.807, 2.05) is 0 Å². The minimum Gasteiger partial charge on any atom is -0.480 e. The molecule has 0 bridgehead atoms. The third-order valence-corrected chi connectivity index (χ3v) is 2.95. The molecule has 98 valence electrons. The van der Waals surface area contributed by atoms with Crippen molar-refractivity contribution in [1.82, 2.24) is 9.88 Å². The highest BCUT2D eigenvalue weighted by atomic mass is 16.4. The van der Waals surface area contributed by atoms with Crippen molar-refractivity contribution in [3.05, 3.63) is 33.7 Å². The van der Waals surface area contributed by atoms with Crippen LogP contribution in [0.1, 0.15) is 29.9 Å². The van der Waals surface area contributed by atoms with Gasteiger partial charge >= 0.3 is 5.97 Å². The molecule has 0 aliphatic carbocycles. The molecule has 18 heavy (non-hydrogen) atoms. The number of amides is 1. The molecule has 6 heteroatoms. The molecule has 1 aromatic heterocycles. The van der Waals surface area contributed by atoms with Crippen LogP contribution in [0.15, 0.2) is 16.9 Å². The fraction of sp³-hybridized carbons (Fsp3) is 0.417. The maximum absolute atomic E-state index is 12.1. The SMILES string of the molecule is Cc1ccc(C(=O)N(C)C(C)(C)C(=O)O)c(=O)[nH]1. The van der Waals surface area contributed by atoms with Gasteiger partial charge in [0, 0.05) is 12.7 Å². The average molecular weight is 252 g/mol. The molecule has 0 radical (unpaired) electrons. The van der Waals surface area contributed by atoms with Gasteiger partial charge < -0.3 is 15.0 Å². The zero-order chi connectivity index (χ0) is 14.1. The van der Waals surface area contributed by atoms with Gasteiger partial charge in [0.1, 0.15) is 11.1 Å². The summed E-state index contributed by atoms with van der Waals surface area (Å²) in [6.45, 7) is 4.49. The van der Waals surface area contributed by atoms with Crippen molar-refractivity contribution in [1.29, 1.82) is 0 Å². The van der Waals surface area contributed by atoms with E-state index in [0.29, 0.717) is 5.69 Å². The standard InChI is InChI=1S/C12H16N2O4/c1-7-5-6-8(9(15)13-7)10(16)14(4)12(2,3)11(17)18/h5-6H,1-4H3,(H,13,15)(H,17,18). The number of rotatable bonds is 3. The van der Waals surface area contributed by atoms with E-state index in [2.05, 4.69) is 4.98 Å². The monoisotopic (exact) mass is 252 g/mol. The molecule has 0 saturated heterocycles. The molecule has 1 aromatic rings. The van der Waals surface area contributed by atoms with Crippen molar-refractivity contribution < 1.29 is 14.7 Å². The molecule has 0 unspecified atom stereocenters. The molecule has 0 aliphatic heterocycles. The molecule has 2 N–H and O–H groups in total. The maximum atomic E-state index is 12.1. The summed E-state index contributed by atoms with van der Waals surface area (Å²) in [7, 11) is 1.36. The average Bonchev–Trinajstić information content (AvgIpc) is 2.26. The Bertz CT molecular complexity index is 545. The number of H-pyrrole nitrogens is 1. The summed E-state index contributed by atoms with van der Waals surface area (Å²) in [5.74, 6) is -1.76. The first-order valence-electron chi connectivity index (χ1n) is 5.39. The van der Waals surface area contributed by atoms with E-state index in [4.69, 9.17) is 5.11 Å². The number of carboxylic acids is 1. The summed E-state index contributed by atoms with van der Waals surface area (Å²) in [6.07, 6.45) is 0. The lowest BCUT2D eigenvalue weighted by Crippen LogP contribution is -2.51. The number of likely N-dealkylation sites (N-methyl/N-ethyl adjacent to an activating group) is 1. The zero-order valence-corrected chi connectivity index (χ0v) is 10.8. The number of nitrogens with one attached hydrogen (secondary N) is 1. The van der Waals surface area contributed by atoms with Crippen molar-refractivity contribution in [3.8, 4) is 0 Å². The first-order chi connectivity index (χ1) is 8.17. The van der Waals surface area contributed by atoms with Gasteiger partial charge in [-0.05, 0) is 32.9 Å². The van der Waals surface area contributed by atoms with E-state index in [9.17, 15) is 14.4 Å². The topological polar surface area (TPSA) is 90.5 Å². The summed E-state index contributed by atoms with van der Waals surface area (Å²) in [5, 5.41) is 9.04. The molecule has 1 heterocycles. The van der Waals surface area contributed by atoms with Gasteiger partial charge in [0.05, 0.1) is 0 Å². The number of carbonyl (C=O) groups is 2. The Balaban J connectivity index is 3.16. The molecule has 0 spiro atoms. The summed E-state index contributed by atoms with van der Waals surface area (Å²) in [6, 6.07) is 2.99. The van der Waals surface area contributed by atoms with Gasteiger partial charge in [-0.15, -0.1) is 0 Å². The predicted octanol–water partition coefficient (Wildman–Crippen LogP) is 0.619. The Morgan fingerprint density at radius 1 is 1.33 bits per heavy atom. The smallest absolute Gasteiger partial charge is 0.329 e. The highest BCUT2D eigenvalue weighted by molar-refractivity contribution is 5.97. The van der Waals surface area contributed by atoms with Crippen molar-refractivity contribution in [2.45, 2.75) is 26.3 Å². The van der Waals surface area contributed by atoms with Gasteiger partial charge in [0.15, 0.2) is 0 Å². The molecule has 1 amide bonds. The lowest BCUT2D eigenvalue weighted by atomic mass is 10.0. The first-order valence-corrected chi connectivity index (χ1v) is 5.39. The van der Waals surface area contributed by atoms with Crippen molar-refractivity contribution >= 4 is 11.9 Å². The lowest BCUT2D eigenvalue weighted by Gasteiger charge is -2.31. The number of hydrogen-bond acceptors (Lipinski definition) is 3. The Morgan fingerprint density at radius 2 is 1.89 bits per heavy atom. The van der Waals surface area contributed by atoms with Crippen LogP contribution in [0.5, 0.6) is 0 Å². The van der Waals surface area contributed by atoms with E-state index < -0.39 is 23.0 Å². The maximum Gasteiger partial charge on any atom is 0.329 e. The molecular weight excluding hydrogens is 236 g/mol. The molecule has 6 nitrogen and oxygen atoms in total. The van der Waals surface area contributed by atoms with Crippen molar-refractivity contribution in [2.24, 2.45) is 0 Å². The number of carboxylic acid groups (broad SMARTS) is 1. The second-order valence-corrected chi connectivity index (χ2v) is 4.61. The van der Waals surface area contributed by atoms with Crippen LogP contribution in [0.2, 0.25) is 0 Å². The number of aromatic nitrogens is 1. The van der Waals surface area contributed by atoms with Gasteiger partial charge in [0.25, 0.3) is 11.5 Å². The number of carbonyl (C=O) groups excluding carboxylic acids is 1. The lowest BCUT2D eigenvalue weighted by molar-refractivity contribution is -0.147. The van der Waals surface area contributed by atoms with E-state index in [0.717, 1.165) is 4.90 Å². The fourth-order valence-electron chi connectivity index (χ4n) is 1.32. The van der Waals surface area contributed by atoms with Gasteiger partial charge in [-0.25, -0.2) is 4.79 Å². The first kappa shape index (κ1) is 14.0. The van der Waals surface area contributed by atoms with Gasteiger partial charge in [0.2, 0.25) is 0 Å². The minimum absolute atomic E-state index is 0.0718. The fourth-order valence-corrected chi connectivity index (χ4v) is 1.32. The third-order valence-electron chi connectivity index (χ3n) is 2.95. The van der Waals surface area contributed by atoms with Crippen LogP contribution in [0, 0.1) is 6.92 Å². The summed E-state index contributed by atoms with van der Waals surface area (Å²) in [4.78, 5) is 38.3. The molecular formula is C12H16N2O4. The highest BCUT2D eigenvalue weighted by Gasteiger charge is 2.36. The molecule has 0 saturated carbocycles. The predicted molar refractivity (Wildman–Crippen MR) is 65.6 cm³/mol. The van der Waals surface area contributed by atoms with Gasteiger partial charge in [-0.3, -0.25) is 9.59 Å². The number of aliphatic carboxylic acids is 1. The van der Waals surface area contributed by atoms with E-state index in [1.54, 1.807) is 13.0 Å². The normalized spacial score (nSPS) is 11.1. The van der Waals surface area contributed by atoms with Gasteiger partial charge in [-0.1, -0.05) is 0 Å². The number of pyridine rings is 1. The number of nitrogens with zero attached hydrogens (tertiary/aromatic N) is 1. The van der Waals surface area contributed by atoms with Crippen molar-refractivity contribution in [3.63, 3.8) is 0 Å². The minimum atomic E-state index is -1.38. The van der Waals surface area contributed by atoms with Crippen LogP contribution in [0.4, 0.5) is 0 Å². The van der Waals surface area contributed by atoms with Crippen LogP contribution in [-0.4, -0.2) is 39.5 Å². The third kappa shape index (κ3) is 2.42. The summed E-state index contributed by atoms with van der Waals surface area (Å²) in [5.41, 5.74) is -1.34. The number of hydrogen-bond donors (Lipinski definition) is 2. The Kier molecular flexibility index (Phi) is 3.59. The second kappa shape index (κ2) is 4.64. The molecule has 0 fully saturated rings. The van der Waals surface area contributed by atoms with Crippen LogP contribution in [0.25, 0.3) is 0 Å². The van der Waals surface area contributed by atoms with E-state index in [1.165, 1.54) is 27.0 Å². The molecule has 0 atom stereocenters. The van der Waals surface area contributed by atoms with Crippen LogP contribution >= 0.6 is 0 Å². The molecule has 1 rings (SSSR count). The quantitative estimate of drug-likeness (QED) is 0.825. The number of aromatic amines is 1. The van der Waals surface area contributed by atoms with Crippen LogP contribution < -0.4 is 5.56 Å². The van der Waals surface area contributed by atoms with Crippen molar-refractivity contribution in [2.75, 3.05) is 7.05 Å². The Morgan fingerprint density at radius 3 is 2.33 bits per heavy atom. The molecule has 0 aromatic carbocycles. The summed E-state index contributed by atoms with van der Waals surface area (Å²) < 4.78 is 0. The van der Waals surface area contributed by atoms with Gasteiger partial charge in [-0.2, -0.15) is 0 Å². The zero-order valence-electron chi connectivity index (χ0n) is 10.8. The molecule has 0 aliphatic rings. The van der Waals surface area contributed by atoms with E-state index in [-0.39, 0.29) is 5.56 Å². The number of aryl methyl sites for hydroxylation is 1. The highest BCUT2D eigenvalue weighted by Crippen LogP contribution is 2.14. The Labute approximate surface area is 104 Å². The second-order valence-electron chi connectivity index (χ2n) is 4.61. The Hall–Kier alpha value is -2.11. The summed E-state index contributed by atoms with van der Waals surface area (Å²) >= 11 is 0.